The second-order valence-corrected chi connectivity index (χ2v) is 2.32. The highest BCUT2D eigenvalue weighted by molar-refractivity contribution is 5.70. The molecule has 0 aliphatic carbocycles. The summed E-state index contributed by atoms with van der Waals surface area (Å²) >= 11 is 0. The lowest BCUT2D eigenvalue weighted by molar-refractivity contribution is 0.657. The Morgan fingerprint density at radius 1 is 1.60 bits per heavy atom. The zero-order valence-electron chi connectivity index (χ0n) is 6.75. The minimum Gasteiger partial charge on any atom is -0.405 e. The molecule has 0 aliphatic heterocycles. The largest absolute Gasteiger partial charge is 0.405 e. The van der Waals surface area contributed by atoms with Crippen LogP contribution in [0.15, 0.2) is 17.3 Å². The first-order valence-corrected chi connectivity index (χ1v) is 3.71. The molecule has 2 N–H and O–H groups in total. The normalized spacial score (nSPS) is 15.0. The molecule has 58 valence electrons. The van der Waals surface area contributed by atoms with Crippen LogP contribution in [-0.2, 0) is 0 Å². The summed E-state index contributed by atoms with van der Waals surface area (Å²) in [4.78, 5) is 4.21. The van der Waals surface area contributed by atoms with Crippen LogP contribution in [0.3, 0.4) is 0 Å². The van der Waals surface area contributed by atoms with Crippen molar-refractivity contribution in [2.45, 2.75) is 32.7 Å². The lowest BCUT2D eigenvalue weighted by atomic mass is 10.2. The Bertz CT molecular complexity index is 116. The average Bonchev–Trinajstić information content (AvgIpc) is 1.89. The summed E-state index contributed by atoms with van der Waals surface area (Å²) in [5.41, 5.74) is 5.12. The molecule has 0 rings (SSSR count). The van der Waals surface area contributed by atoms with E-state index in [9.17, 15) is 0 Å². The van der Waals surface area contributed by atoms with Crippen molar-refractivity contribution in [1.82, 2.24) is 0 Å². The maximum atomic E-state index is 5.12. The van der Waals surface area contributed by atoms with Crippen molar-refractivity contribution < 1.29 is 0 Å². The number of nitrogens with two attached hydrogens (primary N) is 1. The number of rotatable bonds is 4. The van der Waals surface area contributed by atoms with E-state index in [4.69, 9.17) is 5.73 Å². The molecule has 0 fully saturated rings. The Labute approximate surface area is 62.8 Å². The van der Waals surface area contributed by atoms with Crippen LogP contribution in [0.2, 0.25) is 0 Å². The van der Waals surface area contributed by atoms with Gasteiger partial charge in [0.15, 0.2) is 0 Å². The summed E-state index contributed by atoms with van der Waals surface area (Å²) < 4.78 is 0. The summed E-state index contributed by atoms with van der Waals surface area (Å²) in [6.45, 7) is 4.26. The van der Waals surface area contributed by atoms with Gasteiger partial charge in [0.05, 0.1) is 0 Å². The van der Waals surface area contributed by atoms with E-state index in [0.29, 0.717) is 6.04 Å². The molecule has 0 aromatic heterocycles. The third-order valence-electron chi connectivity index (χ3n) is 1.24. The van der Waals surface area contributed by atoms with Crippen molar-refractivity contribution in [3.63, 3.8) is 0 Å². The highest BCUT2D eigenvalue weighted by Gasteiger charge is 1.91. The molecule has 0 amide bonds. The Morgan fingerprint density at radius 3 is 2.80 bits per heavy atom. The first kappa shape index (κ1) is 9.21. The maximum Gasteiger partial charge on any atom is 0.0471 e. The molecule has 0 saturated carbocycles. The molecule has 2 heteroatoms. The topological polar surface area (TPSA) is 38.4 Å². The van der Waals surface area contributed by atoms with E-state index in [1.165, 1.54) is 12.6 Å². The maximum absolute atomic E-state index is 5.12. The van der Waals surface area contributed by atoms with Gasteiger partial charge >= 0.3 is 0 Å². The van der Waals surface area contributed by atoms with Crippen LogP contribution in [0.5, 0.6) is 0 Å². The molecule has 1 unspecified atom stereocenters. The average molecular weight is 140 g/mol. The molecule has 0 bridgehead atoms. The predicted octanol–water partition coefficient (Wildman–Crippen LogP) is 1.72. The van der Waals surface area contributed by atoms with Gasteiger partial charge in [-0.1, -0.05) is 13.3 Å². The van der Waals surface area contributed by atoms with Gasteiger partial charge in [-0.25, -0.2) is 0 Å². The summed E-state index contributed by atoms with van der Waals surface area (Å²) in [6.07, 6.45) is 7.31. The van der Waals surface area contributed by atoms with Gasteiger partial charge in [0.25, 0.3) is 0 Å². The number of nitrogens with zero attached hydrogens (tertiary/aromatic N) is 1. The summed E-state index contributed by atoms with van der Waals surface area (Å²) in [5, 5.41) is 0. The van der Waals surface area contributed by atoms with E-state index in [1.807, 2.05) is 0 Å². The van der Waals surface area contributed by atoms with Gasteiger partial charge in [-0.15, -0.1) is 0 Å². The molecular weight excluding hydrogens is 124 g/mol. The summed E-state index contributed by atoms with van der Waals surface area (Å²) in [6, 6.07) is 0.432. The number of allylic oxidation sites excluding steroid dienone is 1. The van der Waals surface area contributed by atoms with E-state index in [0.717, 1.165) is 6.42 Å². The van der Waals surface area contributed by atoms with E-state index >= 15 is 0 Å². The lowest BCUT2D eigenvalue weighted by Crippen LogP contribution is -1.95. The Balaban J connectivity index is 3.44. The van der Waals surface area contributed by atoms with Crippen molar-refractivity contribution >= 4 is 6.21 Å². The zero-order valence-corrected chi connectivity index (χ0v) is 6.75. The minimum absolute atomic E-state index is 0.432. The van der Waals surface area contributed by atoms with Crippen LogP contribution in [0.25, 0.3) is 0 Å². The Morgan fingerprint density at radius 2 is 2.30 bits per heavy atom. The van der Waals surface area contributed by atoms with Crippen LogP contribution < -0.4 is 5.73 Å². The second kappa shape index (κ2) is 6.33. The quantitative estimate of drug-likeness (QED) is 0.593. The third-order valence-corrected chi connectivity index (χ3v) is 1.24. The molecular formula is C8H16N2. The summed E-state index contributed by atoms with van der Waals surface area (Å²) in [7, 11) is 0. The van der Waals surface area contributed by atoms with Crippen molar-refractivity contribution in [3.05, 3.63) is 12.3 Å². The molecule has 0 aromatic rings. The van der Waals surface area contributed by atoms with Gasteiger partial charge in [-0.05, 0) is 25.6 Å². The van der Waals surface area contributed by atoms with Crippen molar-refractivity contribution in [3.8, 4) is 0 Å². The van der Waals surface area contributed by atoms with Crippen molar-refractivity contribution in [2.24, 2.45) is 10.7 Å². The van der Waals surface area contributed by atoms with E-state index in [-0.39, 0.29) is 0 Å². The second-order valence-electron chi connectivity index (χ2n) is 2.32. The molecule has 0 heterocycles. The predicted molar refractivity (Wildman–Crippen MR) is 46.2 cm³/mol. The first-order valence-electron chi connectivity index (χ1n) is 3.71. The molecule has 0 spiro atoms. The standard InChI is InChI=1S/C8H16N2/c1-3-5-8(2)10-7-4-6-9/h4,6-8H,3,5,9H2,1-2H3/b6-4-,10-7-. The first-order chi connectivity index (χ1) is 4.81. The Kier molecular flexibility index (Phi) is 5.83. The van der Waals surface area contributed by atoms with Gasteiger partial charge in [0.2, 0.25) is 0 Å². The SMILES string of the molecule is CCCC(C)/N=C\C=C/N. The lowest BCUT2D eigenvalue weighted by Gasteiger charge is -2.00. The van der Waals surface area contributed by atoms with Gasteiger partial charge in [-0.2, -0.15) is 0 Å². The smallest absolute Gasteiger partial charge is 0.0471 e. The van der Waals surface area contributed by atoms with Gasteiger partial charge in [0, 0.05) is 12.3 Å². The van der Waals surface area contributed by atoms with Crippen LogP contribution >= 0.6 is 0 Å². The molecule has 0 aliphatic rings. The molecule has 10 heavy (non-hydrogen) atoms. The fourth-order valence-corrected chi connectivity index (χ4v) is 0.739. The van der Waals surface area contributed by atoms with Crippen LogP contribution in [0.1, 0.15) is 26.7 Å². The number of hydrogen-bond donors (Lipinski definition) is 1. The number of aliphatic imine (C=N–C) groups is 1. The van der Waals surface area contributed by atoms with E-state index in [2.05, 4.69) is 18.8 Å². The Hall–Kier alpha value is -0.790. The van der Waals surface area contributed by atoms with Crippen LogP contribution in [0, 0.1) is 0 Å². The van der Waals surface area contributed by atoms with E-state index < -0.39 is 0 Å². The fraction of sp³-hybridized carbons (Fsp3) is 0.625. The van der Waals surface area contributed by atoms with Gasteiger partial charge in [0.1, 0.15) is 0 Å². The van der Waals surface area contributed by atoms with Crippen molar-refractivity contribution in [2.75, 3.05) is 0 Å². The molecule has 1 atom stereocenters. The van der Waals surface area contributed by atoms with Crippen LogP contribution in [-0.4, -0.2) is 12.3 Å². The minimum atomic E-state index is 0.432. The van der Waals surface area contributed by atoms with Gasteiger partial charge in [-0.3, -0.25) is 4.99 Å². The van der Waals surface area contributed by atoms with Crippen molar-refractivity contribution in [1.29, 1.82) is 0 Å². The highest BCUT2D eigenvalue weighted by atomic mass is 14.7. The molecule has 0 saturated heterocycles. The summed E-state index contributed by atoms with van der Waals surface area (Å²) in [5.74, 6) is 0. The zero-order chi connectivity index (χ0) is 7.82. The fourth-order valence-electron chi connectivity index (χ4n) is 0.739. The van der Waals surface area contributed by atoms with Crippen LogP contribution in [0.4, 0.5) is 0 Å². The molecule has 2 nitrogen and oxygen atoms in total. The number of hydrogen-bond acceptors (Lipinski definition) is 2. The van der Waals surface area contributed by atoms with E-state index in [1.54, 1.807) is 12.3 Å². The van der Waals surface area contributed by atoms with Gasteiger partial charge < -0.3 is 5.73 Å². The monoisotopic (exact) mass is 140 g/mol. The molecule has 0 aromatic carbocycles. The third kappa shape index (κ3) is 5.35. The molecule has 0 radical (unpaired) electrons. The highest BCUT2D eigenvalue weighted by Crippen LogP contribution is 1.98.